The third kappa shape index (κ3) is 4.92. The molecule has 3 aliphatic rings. The molecule has 2 aromatic carbocycles. The quantitative estimate of drug-likeness (QED) is 0.316. The number of benzene rings is 2. The Bertz CT molecular complexity index is 1290. The fraction of sp³-hybridized carbons (Fsp3) is 0.414. The largest absolute Gasteiger partial charge is 0.502 e. The van der Waals surface area contributed by atoms with E-state index in [1.807, 2.05) is 30.3 Å². The number of Topliss-reactive ketones (excluding diaryl/α,β-unsaturated/α-hetero) is 1. The fourth-order valence-corrected chi connectivity index (χ4v) is 5.99. The van der Waals surface area contributed by atoms with E-state index in [4.69, 9.17) is 9.73 Å². The predicted molar refractivity (Wildman–Crippen MR) is 138 cm³/mol. The lowest BCUT2D eigenvalue weighted by Gasteiger charge is -2.37. The van der Waals surface area contributed by atoms with E-state index < -0.39 is 34.2 Å². The first-order valence-corrected chi connectivity index (χ1v) is 12.9. The van der Waals surface area contributed by atoms with Crippen LogP contribution in [-0.4, -0.2) is 33.6 Å². The number of nitrogens with zero attached hydrogens (tertiary/aromatic N) is 2. The number of hydrogen-bond acceptors (Lipinski definition) is 7. The van der Waals surface area contributed by atoms with Crippen LogP contribution in [0.15, 0.2) is 64.8 Å². The number of aromatic hydroxyl groups is 1. The standard InChI is InChI=1S/C29H30N2O6/c1-17-26(29(34)37-21-10-6-3-7-11-21)27(19-12-13-24(32)23(15-19)31(35)36)28-22(30-17)14-20(16-25(28)33)18-8-4-2-5-9-18/h2,4-5,8-9,12-13,15,20-21,26-27,32H,3,6-7,10-11,14,16H2,1H3/t20-,26?,27+/m1/s1. The maximum atomic E-state index is 13.7. The number of hydrogen-bond donors (Lipinski definition) is 1. The van der Waals surface area contributed by atoms with Crippen molar-refractivity contribution in [3.8, 4) is 5.75 Å². The first-order chi connectivity index (χ1) is 17.8. The van der Waals surface area contributed by atoms with Crippen LogP contribution >= 0.6 is 0 Å². The highest BCUT2D eigenvalue weighted by molar-refractivity contribution is 6.09. The second kappa shape index (κ2) is 10.3. The fourth-order valence-electron chi connectivity index (χ4n) is 5.99. The lowest BCUT2D eigenvalue weighted by Crippen LogP contribution is -2.39. The summed E-state index contributed by atoms with van der Waals surface area (Å²) in [5.74, 6) is -2.73. The average molecular weight is 503 g/mol. The van der Waals surface area contributed by atoms with Crippen LogP contribution in [0.2, 0.25) is 0 Å². The van der Waals surface area contributed by atoms with Gasteiger partial charge < -0.3 is 9.84 Å². The second-order valence-electron chi connectivity index (χ2n) is 10.2. The molecular weight excluding hydrogens is 472 g/mol. The Balaban J connectivity index is 1.57. The van der Waals surface area contributed by atoms with Crippen LogP contribution in [0.4, 0.5) is 5.69 Å². The lowest BCUT2D eigenvalue weighted by molar-refractivity contribution is -0.385. The molecule has 0 bridgehead atoms. The maximum absolute atomic E-state index is 13.7. The van der Waals surface area contributed by atoms with Gasteiger partial charge in [-0.3, -0.25) is 24.7 Å². The lowest BCUT2D eigenvalue weighted by atomic mass is 9.69. The van der Waals surface area contributed by atoms with E-state index in [2.05, 4.69) is 0 Å². The van der Waals surface area contributed by atoms with Crippen molar-refractivity contribution in [1.82, 2.24) is 0 Å². The minimum atomic E-state index is -0.873. The van der Waals surface area contributed by atoms with Crippen LogP contribution < -0.4 is 0 Å². The van der Waals surface area contributed by atoms with Crippen molar-refractivity contribution in [2.24, 2.45) is 10.9 Å². The normalized spacial score (nSPS) is 24.3. The number of aliphatic imine (C=N–C) groups is 1. The first kappa shape index (κ1) is 24.9. The number of carbonyl (C=O) groups excluding carboxylic acids is 2. The Morgan fingerprint density at radius 1 is 1.05 bits per heavy atom. The van der Waals surface area contributed by atoms with Gasteiger partial charge in [0.15, 0.2) is 11.5 Å². The number of ketones is 1. The molecule has 1 aliphatic heterocycles. The maximum Gasteiger partial charge on any atom is 0.315 e. The van der Waals surface area contributed by atoms with Crippen molar-refractivity contribution in [2.75, 3.05) is 0 Å². The molecule has 0 radical (unpaired) electrons. The van der Waals surface area contributed by atoms with Crippen molar-refractivity contribution in [3.63, 3.8) is 0 Å². The molecular formula is C29H30N2O6. The zero-order valence-corrected chi connectivity index (χ0v) is 20.8. The van der Waals surface area contributed by atoms with Crippen LogP contribution in [0.1, 0.15) is 74.8 Å². The van der Waals surface area contributed by atoms with E-state index >= 15 is 0 Å². The van der Waals surface area contributed by atoms with Crippen LogP contribution in [0.3, 0.4) is 0 Å². The second-order valence-corrected chi connectivity index (χ2v) is 10.2. The number of carbonyl (C=O) groups is 2. The minimum absolute atomic E-state index is 0.0375. The summed E-state index contributed by atoms with van der Waals surface area (Å²) in [6.45, 7) is 1.76. The third-order valence-electron chi connectivity index (χ3n) is 7.80. The Hall–Kier alpha value is -3.81. The highest BCUT2D eigenvalue weighted by Crippen LogP contribution is 2.48. The zero-order chi connectivity index (χ0) is 26.1. The molecule has 2 aliphatic carbocycles. The van der Waals surface area contributed by atoms with Gasteiger partial charge in [0.25, 0.3) is 0 Å². The van der Waals surface area contributed by atoms with Gasteiger partial charge in [-0.25, -0.2) is 0 Å². The topological polar surface area (TPSA) is 119 Å². The molecule has 1 N–H and O–H groups in total. The number of nitro benzene ring substituents is 1. The van der Waals surface area contributed by atoms with E-state index in [9.17, 15) is 24.8 Å². The van der Waals surface area contributed by atoms with E-state index in [1.54, 1.807) is 13.0 Å². The van der Waals surface area contributed by atoms with E-state index in [-0.39, 0.29) is 24.2 Å². The summed E-state index contributed by atoms with van der Waals surface area (Å²) in [7, 11) is 0. The SMILES string of the molecule is CC1=NC2=C(C(=O)C[C@H](c3ccccc3)C2)[C@@H](c2ccc(O)c([N+](=O)[O-])c2)C1C(=O)OC1CCCCC1. The molecule has 2 aromatic rings. The van der Waals surface area contributed by atoms with Crippen LogP contribution in [0, 0.1) is 16.0 Å². The molecule has 0 amide bonds. The number of phenolic OH excluding ortho intramolecular Hbond substituents is 1. The highest BCUT2D eigenvalue weighted by atomic mass is 16.6. The summed E-state index contributed by atoms with van der Waals surface area (Å²) in [5, 5.41) is 21.7. The van der Waals surface area contributed by atoms with E-state index in [0.29, 0.717) is 29.0 Å². The van der Waals surface area contributed by atoms with Gasteiger partial charge in [0.1, 0.15) is 12.0 Å². The number of rotatable bonds is 5. The van der Waals surface area contributed by atoms with Crippen LogP contribution in [0.5, 0.6) is 5.75 Å². The zero-order valence-electron chi connectivity index (χ0n) is 20.8. The number of esters is 1. The third-order valence-corrected chi connectivity index (χ3v) is 7.80. The van der Waals surface area contributed by atoms with Gasteiger partial charge >= 0.3 is 11.7 Å². The molecule has 37 heavy (non-hydrogen) atoms. The Kier molecular flexibility index (Phi) is 6.91. The summed E-state index contributed by atoms with van der Waals surface area (Å²) < 4.78 is 5.92. The Labute approximate surface area is 215 Å². The van der Waals surface area contributed by atoms with Crippen LogP contribution in [-0.2, 0) is 14.3 Å². The van der Waals surface area contributed by atoms with Gasteiger partial charge in [0, 0.05) is 35.4 Å². The molecule has 0 spiro atoms. The van der Waals surface area contributed by atoms with Crippen molar-refractivity contribution >= 4 is 23.2 Å². The van der Waals surface area contributed by atoms with Gasteiger partial charge in [-0.1, -0.05) is 42.8 Å². The molecule has 0 saturated heterocycles. The molecule has 192 valence electrons. The van der Waals surface area contributed by atoms with Gasteiger partial charge in [0.05, 0.1) is 4.92 Å². The summed E-state index contributed by atoms with van der Waals surface area (Å²) >= 11 is 0. The molecule has 1 unspecified atom stereocenters. The molecule has 1 fully saturated rings. The monoisotopic (exact) mass is 502 g/mol. The Morgan fingerprint density at radius 3 is 2.49 bits per heavy atom. The summed E-state index contributed by atoms with van der Waals surface area (Å²) in [5.41, 5.74) is 2.56. The van der Waals surface area contributed by atoms with E-state index in [1.165, 1.54) is 12.1 Å². The highest BCUT2D eigenvalue weighted by Gasteiger charge is 2.45. The number of ether oxygens (including phenoxy) is 1. The van der Waals surface area contributed by atoms with Crippen molar-refractivity contribution < 1.29 is 24.4 Å². The molecule has 3 atom stereocenters. The minimum Gasteiger partial charge on any atom is -0.502 e. The molecule has 1 saturated carbocycles. The number of allylic oxidation sites excluding steroid dienone is 2. The molecule has 8 heteroatoms. The van der Waals surface area contributed by atoms with Gasteiger partial charge in [0.2, 0.25) is 0 Å². The molecule has 8 nitrogen and oxygen atoms in total. The van der Waals surface area contributed by atoms with Gasteiger partial charge in [-0.2, -0.15) is 0 Å². The molecule has 0 aromatic heterocycles. The average Bonchev–Trinajstić information content (AvgIpc) is 2.89. The Morgan fingerprint density at radius 2 is 1.78 bits per heavy atom. The number of nitro groups is 1. The number of phenols is 1. The van der Waals surface area contributed by atoms with Crippen molar-refractivity contribution in [2.45, 2.75) is 69.8 Å². The first-order valence-electron chi connectivity index (χ1n) is 12.9. The van der Waals surface area contributed by atoms with Crippen molar-refractivity contribution in [1.29, 1.82) is 0 Å². The van der Waals surface area contributed by atoms with E-state index in [0.717, 1.165) is 37.7 Å². The molecule has 1 heterocycles. The van der Waals surface area contributed by atoms with Gasteiger partial charge in [-0.05, 0) is 62.1 Å². The summed E-state index contributed by atoms with van der Waals surface area (Å²) in [6, 6.07) is 13.9. The van der Waals surface area contributed by atoms with Crippen LogP contribution in [0.25, 0.3) is 0 Å². The predicted octanol–water partition coefficient (Wildman–Crippen LogP) is 5.75. The van der Waals surface area contributed by atoms with Gasteiger partial charge in [-0.15, -0.1) is 0 Å². The van der Waals surface area contributed by atoms with Crippen molar-refractivity contribution in [3.05, 3.63) is 81.0 Å². The molecule has 5 rings (SSSR count). The summed E-state index contributed by atoms with van der Waals surface area (Å²) in [6.07, 6.45) is 5.33. The smallest absolute Gasteiger partial charge is 0.315 e. The summed E-state index contributed by atoms with van der Waals surface area (Å²) in [4.78, 5) is 43.0.